The van der Waals surface area contributed by atoms with Crippen LogP contribution in [0.3, 0.4) is 0 Å². The number of aliphatic hydroxyl groups is 1. The Balaban J connectivity index is 2.11. The Kier molecular flexibility index (Phi) is 7.69. The van der Waals surface area contributed by atoms with Gasteiger partial charge in [-0.2, -0.15) is 0 Å². The lowest BCUT2D eigenvalue weighted by atomic mass is 10.0. The van der Waals surface area contributed by atoms with Crippen molar-refractivity contribution in [2.45, 2.75) is 31.0 Å². The Labute approximate surface area is 166 Å². The lowest BCUT2D eigenvalue weighted by Gasteiger charge is -2.22. The predicted molar refractivity (Wildman–Crippen MR) is 101 cm³/mol. The van der Waals surface area contributed by atoms with Gasteiger partial charge in [0, 0.05) is 24.7 Å². The van der Waals surface area contributed by atoms with Gasteiger partial charge in [0.25, 0.3) is 0 Å². The zero-order valence-electron chi connectivity index (χ0n) is 15.4. The summed E-state index contributed by atoms with van der Waals surface area (Å²) in [6, 6.07) is 2.33. The lowest BCUT2D eigenvalue weighted by Crippen LogP contribution is -2.56. The maximum absolute atomic E-state index is 12.6. The second-order valence-electron chi connectivity index (χ2n) is 6.40. The number of amides is 2. The number of nitrogens with two attached hydrogens (primary N) is 1. The fourth-order valence-electron chi connectivity index (χ4n) is 2.54. The van der Waals surface area contributed by atoms with Gasteiger partial charge in [-0.15, -0.1) is 0 Å². The predicted octanol–water partition coefficient (Wildman–Crippen LogP) is -1.73. The van der Waals surface area contributed by atoms with Crippen molar-refractivity contribution < 1.29 is 29.7 Å². The van der Waals surface area contributed by atoms with Gasteiger partial charge in [-0.1, -0.05) is 12.1 Å². The van der Waals surface area contributed by atoms with Crippen molar-refractivity contribution in [2.75, 3.05) is 6.61 Å². The molecule has 11 nitrogen and oxygen atoms in total. The van der Waals surface area contributed by atoms with Gasteiger partial charge >= 0.3 is 5.97 Å². The minimum absolute atomic E-state index is 0.0202. The number of carbonyl (C=O) groups is 3. The maximum Gasteiger partial charge on any atom is 0.328 e. The Morgan fingerprint density at radius 1 is 1.07 bits per heavy atom. The van der Waals surface area contributed by atoms with E-state index in [-0.39, 0.29) is 18.6 Å². The number of aliphatic hydroxyl groups excluding tert-OH is 1. The molecule has 0 aliphatic heterocycles. The number of hydrogen-bond donors (Lipinski definition) is 7. The third kappa shape index (κ3) is 6.59. The number of aromatic hydroxyl groups is 1. The highest BCUT2D eigenvalue weighted by atomic mass is 16.4. The molecule has 0 saturated heterocycles. The molecule has 3 atom stereocenters. The average molecular weight is 405 g/mol. The van der Waals surface area contributed by atoms with Crippen molar-refractivity contribution in [1.29, 1.82) is 0 Å². The van der Waals surface area contributed by atoms with Crippen LogP contribution in [-0.2, 0) is 27.2 Å². The molecular weight excluding hydrogens is 382 g/mol. The number of carbonyl (C=O) groups excluding carboxylic acids is 2. The fourth-order valence-corrected chi connectivity index (χ4v) is 2.54. The van der Waals surface area contributed by atoms with Gasteiger partial charge in [-0.25, -0.2) is 9.78 Å². The number of carboxylic acid groups (broad SMARTS) is 1. The van der Waals surface area contributed by atoms with E-state index in [0.717, 1.165) is 0 Å². The second kappa shape index (κ2) is 10.2. The summed E-state index contributed by atoms with van der Waals surface area (Å²) in [6.45, 7) is -0.805. The number of nitrogens with one attached hydrogen (secondary N) is 3. The monoisotopic (exact) mass is 405 g/mol. The zero-order valence-corrected chi connectivity index (χ0v) is 15.4. The highest BCUT2D eigenvalue weighted by molar-refractivity contribution is 5.92. The molecule has 8 N–H and O–H groups in total. The van der Waals surface area contributed by atoms with E-state index in [1.165, 1.54) is 24.7 Å². The Hall–Kier alpha value is -3.44. The number of phenols is 1. The molecule has 0 radical (unpaired) electrons. The van der Waals surface area contributed by atoms with Crippen LogP contribution < -0.4 is 16.4 Å². The van der Waals surface area contributed by atoms with Gasteiger partial charge < -0.3 is 36.7 Å². The van der Waals surface area contributed by atoms with Crippen molar-refractivity contribution in [3.63, 3.8) is 0 Å². The summed E-state index contributed by atoms with van der Waals surface area (Å²) in [6.07, 6.45) is 3.15. The Morgan fingerprint density at radius 2 is 1.72 bits per heavy atom. The number of imidazole rings is 1. The van der Waals surface area contributed by atoms with Crippen LogP contribution in [0.2, 0.25) is 0 Å². The number of nitrogens with zero attached hydrogens (tertiary/aromatic N) is 1. The van der Waals surface area contributed by atoms with Gasteiger partial charge in [0.1, 0.15) is 17.8 Å². The highest BCUT2D eigenvalue weighted by Gasteiger charge is 2.28. The molecule has 0 spiro atoms. The molecule has 0 aliphatic rings. The van der Waals surface area contributed by atoms with Crippen LogP contribution in [-0.4, -0.2) is 67.8 Å². The largest absolute Gasteiger partial charge is 0.508 e. The normalized spacial score (nSPS) is 13.9. The quantitative estimate of drug-likeness (QED) is 0.242. The number of hydrogen-bond acceptors (Lipinski definition) is 7. The summed E-state index contributed by atoms with van der Waals surface area (Å²) in [5.74, 6) is -2.78. The van der Waals surface area contributed by atoms with Crippen molar-refractivity contribution in [1.82, 2.24) is 20.6 Å². The van der Waals surface area contributed by atoms with E-state index in [1.54, 1.807) is 12.1 Å². The van der Waals surface area contributed by atoms with Crippen molar-refractivity contribution in [2.24, 2.45) is 5.73 Å². The molecule has 0 saturated carbocycles. The summed E-state index contributed by atoms with van der Waals surface area (Å²) < 4.78 is 0. The smallest absolute Gasteiger partial charge is 0.328 e. The molecule has 29 heavy (non-hydrogen) atoms. The minimum atomic E-state index is -1.51. The van der Waals surface area contributed by atoms with Crippen molar-refractivity contribution >= 4 is 17.8 Å². The van der Waals surface area contributed by atoms with Crippen LogP contribution >= 0.6 is 0 Å². The topological polar surface area (TPSA) is 191 Å². The first-order valence-corrected chi connectivity index (χ1v) is 8.75. The average Bonchev–Trinajstić information content (AvgIpc) is 3.19. The number of carboxylic acids is 1. The molecular formula is C18H23N5O6. The summed E-state index contributed by atoms with van der Waals surface area (Å²) >= 11 is 0. The summed E-state index contributed by atoms with van der Waals surface area (Å²) in [7, 11) is 0. The first-order chi connectivity index (χ1) is 13.8. The van der Waals surface area contributed by atoms with Gasteiger partial charge in [0.05, 0.1) is 19.0 Å². The summed E-state index contributed by atoms with van der Waals surface area (Å²) in [4.78, 5) is 42.8. The number of H-pyrrole nitrogens is 1. The number of aliphatic carboxylic acids is 1. The minimum Gasteiger partial charge on any atom is -0.508 e. The van der Waals surface area contributed by atoms with E-state index in [0.29, 0.717) is 11.3 Å². The molecule has 1 aromatic carbocycles. The molecule has 1 heterocycles. The maximum atomic E-state index is 12.6. The zero-order chi connectivity index (χ0) is 21.4. The second-order valence-corrected chi connectivity index (χ2v) is 6.40. The van der Waals surface area contributed by atoms with E-state index in [4.69, 9.17) is 15.9 Å². The molecule has 0 aliphatic carbocycles. The first kappa shape index (κ1) is 21.9. The van der Waals surface area contributed by atoms with E-state index in [9.17, 15) is 19.5 Å². The molecule has 2 amide bonds. The standard InChI is InChI=1S/C18H23N5O6/c19-13(6-11-7-20-9-21-11)16(26)22-14(5-10-1-3-12(25)4-2-10)17(27)23-15(8-24)18(28)29/h1-4,7,9,13-15,24-25H,5-6,8,19H2,(H,20,21)(H,22,26)(H,23,27)(H,28,29). The van der Waals surface area contributed by atoms with Crippen molar-refractivity contribution in [3.05, 3.63) is 48.0 Å². The molecule has 11 heteroatoms. The Morgan fingerprint density at radius 3 is 2.28 bits per heavy atom. The third-order valence-electron chi connectivity index (χ3n) is 4.14. The number of aromatic amines is 1. The first-order valence-electron chi connectivity index (χ1n) is 8.75. The molecule has 3 unspecified atom stereocenters. The van der Waals surface area contributed by atoms with E-state index in [2.05, 4.69) is 20.6 Å². The van der Waals surface area contributed by atoms with Crippen LogP contribution in [0.4, 0.5) is 0 Å². The van der Waals surface area contributed by atoms with Crippen LogP contribution in [0, 0.1) is 0 Å². The van der Waals surface area contributed by atoms with Gasteiger partial charge in [-0.05, 0) is 17.7 Å². The number of phenolic OH excluding ortho intramolecular Hbond substituents is 1. The summed E-state index contributed by atoms with van der Waals surface area (Å²) in [5.41, 5.74) is 7.14. The fraction of sp³-hybridized carbons (Fsp3) is 0.333. The van der Waals surface area contributed by atoms with Gasteiger partial charge in [0.15, 0.2) is 0 Å². The van der Waals surface area contributed by atoms with Gasteiger partial charge in [0.2, 0.25) is 11.8 Å². The SMILES string of the molecule is NC(Cc1cnc[nH]1)C(=O)NC(Cc1ccc(O)cc1)C(=O)NC(CO)C(=O)O. The van der Waals surface area contributed by atoms with E-state index >= 15 is 0 Å². The molecule has 2 rings (SSSR count). The Bertz CT molecular complexity index is 824. The molecule has 156 valence electrons. The summed E-state index contributed by atoms with van der Waals surface area (Å²) in [5, 5.41) is 32.2. The van der Waals surface area contributed by atoms with Gasteiger partial charge in [-0.3, -0.25) is 9.59 Å². The lowest BCUT2D eigenvalue weighted by molar-refractivity contribution is -0.143. The molecule has 0 bridgehead atoms. The van der Waals surface area contributed by atoms with Crippen LogP contribution in [0.5, 0.6) is 5.75 Å². The number of benzene rings is 1. The number of aromatic nitrogens is 2. The molecule has 1 aromatic heterocycles. The van der Waals surface area contributed by atoms with Crippen LogP contribution in [0.1, 0.15) is 11.3 Å². The van der Waals surface area contributed by atoms with Crippen LogP contribution in [0.15, 0.2) is 36.8 Å². The van der Waals surface area contributed by atoms with E-state index < -0.39 is 42.5 Å². The highest BCUT2D eigenvalue weighted by Crippen LogP contribution is 2.12. The number of rotatable bonds is 10. The third-order valence-corrected chi connectivity index (χ3v) is 4.14. The van der Waals surface area contributed by atoms with Crippen LogP contribution in [0.25, 0.3) is 0 Å². The van der Waals surface area contributed by atoms with E-state index in [1.807, 2.05) is 0 Å². The van der Waals surface area contributed by atoms with Crippen molar-refractivity contribution in [3.8, 4) is 5.75 Å². The molecule has 2 aromatic rings. The molecule has 0 fully saturated rings.